The molecule has 0 saturated heterocycles. The van der Waals surface area contributed by atoms with Crippen molar-refractivity contribution in [2.45, 2.75) is 4.94 Å². The SMILES string of the molecule is [CH3][Sn]=[S].[SH-]. The number of hydrogen-bond acceptors (Lipinski definition) is 2. The molecule has 0 rings (SSSR count). The van der Waals surface area contributed by atoms with Gasteiger partial charge in [-0.2, -0.15) is 0 Å². The first-order chi connectivity index (χ1) is 1.41. The molecule has 0 saturated carbocycles. The van der Waals surface area contributed by atoms with Crippen LogP contribution in [-0.4, -0.2) is 19.2 Å². The summed E-state index contributed by atoms with van der Waals surface area (Å²) in [5.41, 5.74) is 0. The monoisotopic (exact) mass is 200 g/mol. The molecule has 0 aromatic rings. The van der Waals surface area contributed by atoms with Gasteiger partial charge in [0.15, 0.2) is 0 Å². The maximum absolute atomic E-state index is 4.56. The molecule has 0 atom stereocenters. The minimum absolute atomic E-state index is 0. The summed E-state index contributed by atoms with van der Waals surface area (Å²) in [6, 6.07) is 0. The van der Waals surface area contributed by atoms with Crippen LogP contribution in [0.15, 0.2) is 0 Å². The molecule has 0 bridgehead atoms. The molecule has 0 aliphatic heterocycles. The molecule has 0 spiro atoms. The Bertz CT molecular complexity index is 13.5. The van der Waals surface area contributed by atoms with Crippen molar-refractivity contribution in [3.63, 3.8) is 0 Å². The van der Waals surface area contributed by atoms with Gasteiger partial charge in [-0.05, 0) is 0 Å². The van der Waals surface area contributed by atoms with E-state index in [2.05, 4.69) is 14.2 Å². The maximum atomic E-state index is 4.56. The molecule has 0 aliphatic rings. The number of hydrogen-bond donors (Lipinski definition) is 0. The summed E-state index contributed by atoms with van der Waals surface area (Å²) >= 11 is -0.187. The summed E-state index contributed by atoms with van der Waals surface area (Å²) in [6.45, 7) is 0. The molecule has 0 nitrogen and oxygen atoms in total. The van der Waals surface area contributed by atoms with Crippen LogP contribution in [0.4, 0.5) is 0 Å². The molecular weight excluding hydrogens is 195 g/mol. The normalized spacial score (nSPS) is 3.25. The maximum Gasteiger partial charge on any atom is -0.813 e. The Morgan fingerprint density at radius 1 is 1.75 bits per heavy atom. The van der Waals surface area contributed by atoms with Crippen LogP contribution >= 0.6 is 9.29 Å². The standard InChI is InChI=1S/CH3.H2S.S.Sn/h1H3;1H2;;/p-1. The number of thiol groups is 1. The average molecular weight is 199 g/mol. The third-order valence-corrected chi connectivity index (χ3v) is 0. The molecule has 0 aromatic heterocycles. The van der Waals surface area contributed by atoms with Crippen LogP contribution in [0.25, 0.3) is 0 Å². The molecule has 4 heavy (non-hydrogen) atoms. The first-order valence-electron chi connectivity index (χ1n) is 0.704. The zero-order valence-corrected chi connectivity index (χ0v) is 6.92. The molecule has 0 N–H and O–H groups in total. The molecule has 25 valence electrons. The van der Waals surface area contributed by atoms with Crippen molar-refractivity contribution in [1.29, 1.82) is 0 Å². The second kappa shape index (κ2) is 8.84. The van der Waals surface area contributed by atoms with Crippen molar-refractivity contribution in [1.82, 2.24) is 0 Å². The molecule has 0 amide bonds. The largest absolute Gasteiger partial charge is 0.813 e. The molecule has 0 aromatic carbocycles. The van der Waals surface area contributed by atoms with Gasteiger partial charge in [0.05, 0.1) is 0 Å². The van der Waals surface area contributed by atoms with Gasteiger partial charge < -0.3 is 13.5 Å². The van der Waals surface area contributed by atoms with Crippen LogP contribution in [0.1, 0.15) is 0 Å². The van der Waals surface area contributed by atoms with Crippen LogP contribution in [-0.2, 0) is 13.5 Å². The topological polar surface area (TPSA) is 0 Å². The fraction of sp³-hybridized carbons (Fsp3) is 1.00. The Hall–Kier alpha value is 1.37. The van der Waals surface area contributed by atoms with E-state index >= 15 is 0 Å². The number of rotatable bonds is 0. The van der Waals surface area contributed by atoms with Crippen LogP contribution in [0.3, 0.4) is 0 Å². The van der Waals surface area contributed by atoms with E-state index in [9.17, 15) is 0 Å². The molecule has 0 heterocycles. The van der Waals surface area contributed by atoms with E-state index in [1.165, 1.54) is 0 Å². The Balaban J connectivity index is 0. The summed E-state index contributed by atoms with van der Waals surface area (Å²) in [5.74, 6) is 0. The van der Waals surface area contributed by atoms with Gasteiger partial charge in [0.1, 0.15) is 0 Å². The van der Waals surface area contributed by atoms with E-state index in [0.29, 0.717) is 0 Å². The van der Waals surface area contributed by atoms with Crippen molar-refractivity contribution >= 4 is 42.0 Å². The van der Waals surface area contributed by atoms with E-state index in [1.54, 1.807) is 0 Å². The molecule has 1 radical (unpaired) electrons. The molecule has 3 heteroatoms. The van der Waals surface area contributed by atoms with Crippen molar-refractivity contribution in [3.05, 3.63) is 0 Å². The second-order valence-corrected chi connectivity index (χ2v) is 4.11. The minimum atomic E-state index is -0.187. The van der Waals surface area contributed by atoms with E-state index in [0.717, 1.165) is 0 Å². The van der Waals surface area contributed by atoms with Gasteiger partial charge in [-0.15, -0.1) is 0 Å². The molecular formula is CH4S2Sn-. The zero-order chi connectivity index (χ0) is 2.71. The summed E-state index contributed by atoms with van der Waals surface area (Å²) in [4.78, 5) is 2.11. The third-order valence-electron chi connectivity index (χ3n) is 0. The fourth-order valence-corrected chi connectivity index (χ4v) is 0. The van der Waals surface area contributed by atoms with Gasteiger partial charge in [-0.3, -0.25) is 0 Å². The summed E-state index contributed by atoms with van der Waals surface area (Å²) in [5, 5.41) is 0. The average Bonchev–Trinajstić information content (AvgIpc) is 0.918. The van der Waals surface area contributed by atoms with Crippen molar-refractivity contribution in [3.8, 4) is 0 Å². The van der Waals surface area contributed by atoms with Crippen LogP contribution in [0.5, 0.6) is 0 Å². The summed E-state index contributed by atoms with van der Waals surface area (Å²) in [7, 11) is 4.56. The first-order valence-corrected chi connectivity index (χ1v) is 7.46. The third kappa shape index (κ3) is 10.1. The fourth-order valence-electron chi connectivity index (χ4n) is 0. The van der Waals surface area contributed by atoms with Gasteiger partial charge in [0.25, 0.3) is 0 Å². The Morgan fingerprint density at radius 2 is 1.75 bits per heavy atom. The molecule has 0 unspecified atom stereocenters. The zero-order valence-electron chi connectivity index (χ0n) is 2.36. The van der Waals surface area contributed by atoms with Gasteiger partial charge in [0, 0.05) is 0 Å². The minimum Gasteiger partial charge on any atom is -0.813 e. The Morgan fingerprint density at radius 3 is 1.75 bits per heavy atom. The van der Waals surface area contributed by atoms with Crippen LogP contribution < -0.4 is 0 Å². The van der Waals surface area contributed by atoms with Crippen molar-refractivity contribution < 1.29 is 0 Å². The summed E-state index contributed by atoms with van der Waals surface area (Å²) < 4.78 is 0. The van der Waals surface area contributed by atoms with Crippen molar-refractivity contribution in [2.24, 2.45) is 0 Å². The van der Waals surface area contributed by atoms with E-state index in [4.69, 9.17) is 0 Å². The van der Waals surface area contributed by atoms with Crippen LogP contribution in [0.2, 0.25) is 4.94 Å². The quantitative estimate of drug-likeness (QED) is 0.318. The first kappa shape index (κ1) is 9.03. The summed E-state index contributed by atoms with van der Waals surface area (Å²) in [6.07, 6.45) is 0. The smallest absolute Gasteiger partial charge is 0.813 e. The molecule has 0 fully saturated rings. The molecule has 0 aliphatic carbocycles. The van der Waals surface area contributed by atoms with E-state index in [-0.39, 0.29) is 32.7 Å². The Labute approximate surface area is 46.8 Å². The van der Waals surface area contributed by atoms with E-state index < -0.39 is 0 Å². The van der Waals surface area contributed by atoms with E-state index in [1.807, 2.05) is 0 Å². The Kier molecular flexibility index (Phi) is 19.9. The predicted octanol–water partition coefficient (Wildman–Crippen LogP) is 0.581. The predicted molar refractivity (Wildman–Crippen MR) is 28.0 cm³/mol. The van der Waals surface area contributed by atoms with Crippen molar-refractivity contribution in [2.75, 3.05) is 0 Å². The van der Waals surface area contributed by atoms with Crippen LogP contribution in [0, 0.1) is 0 Å². The van der Waals surface area contributed by atoms with Gasteiger partial charge in [-0.1, -0.05) is 0 Å². The van der Waals surface area contributed by atoms with Gasteiger partial charge in [-0.25, -0.2) is 0 Å². The second-order valence-electron chi connectivity index (χ2n) is 0.204. The van der Waals surface area contributed by atoms with Gasteiger partial charge >= 0.3 is 33.4 Å². The van der Waals surface area contributed by atoms with Gasteiger partial charge in [0.2, 0.25) is 0 Å².